The molecule has 0 aliphatic rings. The van der Waals surface area contributed by atoms with E-state index in [-0.39, 0.29) is 6.61 Å². The third-order valence-electron chi connectivity index (χ3n) is 1.59. The average Bonchev–Trinajstić information content (AvgIpc) is 2.17. The first-order chi connectivity index (χ1) is 7.06. The average molecular weight is 219 g/mol. The Kier molecular flexibility index (Phi) is 3.65. The summed E-state index contributed by atoms with van der Waals surface area (Å²) in [6, 6.07) is 0.573. The lowest BCUT2D eigenvalue weighted by atomic mass is 10.2. The van der Waals surface area contributed by atoms with Gasteiger partial charge >= 0.3 is 5.97 Å². The zero-order chi connectivity index (χ0) is 11.4. The SMILES string of the molecule is CCOC(=O)c1ncc(F)cc1C(F)F. The molecule has 15 heavy (non-hydrogen) atoms. The molecule has 0 radical (unpaired) electrons. The van der Waals surface area contributed by atoms with Gasteiger partial charge in [-0.3, -0.25) is 0 Å². The number of alkyl halides is 2. The van der Waals surface area contributed by atoms with Crippen LogP contribution < -0.4 is 0 Å². The number of carbonyl (C=O) groups is 1. The molecule has 0 aromatic carbocycles. The summed E-state index contributed by atoms with van der Waals surface area (Å²) in [4.78, 5) is 14.4. The van der Waals surface area contributed by atoms with Gasteiger partial charge < -0.3 is 4.74 Å². The van der Waals surface area contributed by atoms with Crippen LogP contribution in [0.3, 0.4) is 0 Å². The van der Waals surface area contributed by atoms with Crippen molar-refractivity contribution in [2.45, 2.75) is 13.3 Å². The van der Waals surface area contributed by atoms with Gasteiger partial charge in [0, 0.05) is 0 Å². The van der Waals surface area contributed by atoms with E-state index in [0.29, 0.717) is 12.3 Å². The first-order valence-corrected chi connectivity index (χ1v) is 4.17. The van der Waals surface area contributed by atoms with Crippen molar-refractivity contribution in [2.24, 2.45) is 0 Å². The smallest absolute Gasteiger partial charge is 0.357 e. The molecule has 1 heterocycles. The fourth-order valence-electron chi connectivity index (χ4n) is 0.991. The van der Waals surface area contributed by atoms with Gasteiger partial charge in [0.2, 0.25) is 0 Å². The van der Waals surface area contributed by atoms with E-state index in [2.05, 4.69) is 9.72 Å². The minimum Gasteiger partial charge on any atom is -0.461 e. The van der Waals surface area contributed by atoms with Crippen molar-refractivity contribution < 1.29 is 22.7 Å². The lowest BCUT2D eigenvalue weighted by Gasteiger charge is -2.06. The Balaban J connectivity index is 3.11. The molecule has 82 valence electrons. The molecule has 0 spiro atoms. The first kappa shape index (κ1) is 11.5. The molecule has 0 fully saturated rings. The summed E-state index contributed by atoms with van der Waals surface area (Å²) in [5.41, 5.74) is -1.30. The number of esters is 1. The van der Waals surface area contributed by atoms with Gasteiger partial charge in [-0.15, -0.1) is 0 Å². The fourth-order valence-corrected chi connectivity index (χ4v) is 0.991. The van der Waals surface area contributed by atoms with Gasteiger partial charge in [0.05, 0.1) is 18.4 Å². The highest BCUT2D eigenvalue weighted by atomic mass is 19.3. The number of nitrogens with zero attached hydrogens (tertiary/aromatic N) is 1. The number of ether oxygens (including phenoxy) is 1. The Labute approximate surface area is 83.9 Å². The molecule has 1 aromatic heterocycles. The second kappa shape index (κ2) is 4.77. The highest BCUT2D eigenvalue weighted by Crippen LogP contribution is 2.22. The molecule has 0 amide bonds. The second-order valence-electron chi connectivity index (χ2n) is 2.61. The molecule has 0 aliphatic carbocycles. The van der Waals surface area contributed by atoms with Crippen LogP contribution in [0.1, 0.15) is 29.4 Å². The van der Waals surface area contributed by atoms with E-state index >= 15 is 0 Å². The number of pyridine rings is 1. The molecule has 3 nitrogen and oxygen atoms in total. The Morgan fingerprint density at radius 2 is 2.27 bits per heavy atom. The van der Waals surface area contributed by atoms with Crippen molar-refractivity contribution >= 4 is 5.97 Å². The van der Waals surface area contributed by atoms with E-state index in [1.54, 1.807) is 0 Å². The number of rotatable bonds is 3. The van der Waals surface area contributed by atoms with Gasteiger partial charge in [-0.25, -0.2) is 22.9 Å². The second-order valence-corrected chi connectivity index (χ2v) is 2.61. The minimum atomic E-state index is -2.97. The number of hydrogen-bond donors (Lipinski definition) is 0. The van der Waals surface area contributed by atoms with Crippen molar-refractivity contribution in [2.75, 3.05) is 6.61 Å². The van der Waals surface area contributed by atoms with Crippen LogP contribution in [0.25, 0.3) is 0 Å². The van der Waals surface area contributed by atoms with Crippen molar-refractivity contribution in [1.29, 1.82) is 0 Å². The summed E-state index contributed by atoms with van der Waals surface area (Å²) in [5.74, 6) is -1.90. The standard InChI is InChI=1S/C9H8F3NO2/c1-2-15-9(14)7-6(8(11)12)3-5(10)4-13-7/h3-4,8H,2H2,1H3. The van der Waals surface area contributed by atoms with Gasteiger partial charge in [-0.1, -0.05) is 0 Å². The summed E-state index contributed by atoms with van der Waals surface area (Å²) in [5, 5.41) is 0. The molecular formula is C9H8F3NO2. The summed E-state index contributed by atoms with van der Waals surface area (Å²) in [7, 11) is 0. The molecule has 0 saturated heterocycles. The maximum absolute atomic E-state index is 12.6. The predicted molar refractivity (Wildman–Crippen MR) is 45.1 cm³/mol. The zero-order valence-electron chi connectivity index (χ0n) is 7.84. The van der Waals surface area contributed by atoms with Crippen LogP contribution in [0.4, 0.5) is 13.2 Å². The number of carbonyl (C=O) groups excluding carboxylic acids is 1. The highest BCUT2D eigenvalue weighted by Gasteiger charge is 2.21. The van der Waals surface area contributed by atoms with Crippen LogP contribution in [0.5, 0.6) is 0 Å². The van der Waals surface area contributed by atoms with Crippen molar-refractivity contribution in [3.8, 4) is 0 Å². The van der Waals surface area contributed by atoms with Crippen LogP contribution >= 0.6 is 0 Å². The molecule has 1 rings (SSSR count). The van der Waals surface area contributed by atoms with Crippen LogP contribution in [0.15, 0.2) is 12.3 Å². The van der Waals surface area contributed by atoms with E-state index in [1.807, 2.05) is 0 Å². The summed E-state index contributed by atoms with van der Waals surface area (Å²) >= 11 is 0. The van der Waals surface area contributed by atoms with Crippen molar-refractivity contribution in [1.82, 2.24) is 4.98 Å². The van der Waals surface area contributed by atoms with Crippen LogP contribution in [0.2, 0.25) is 0 Å². The molecule has 6 heteroatoms. The van der Waals surface area contributed by atoms with Crippen molar-refractivity contribution in [3.63, 3.8) is 0 Å². The molecular weight excluding hydrogens is 211 g/mol. The van der Waals surface area contributed by atoms with Crippen LogP contribution in [-0.2, 0) is 4.74 Å². The van der Waals surface area contributed by atoms with Gasteiger partial charge in [-0.2, -0.15) is 0 Å². The van der Waals surface area contributed by atoms with E-state index in [9.17, 15) is 18.0 Å². The molecule has 0 aliphatic heterocycles. The molecule has 1 aromatic rings. The molecule has 0 atom stereocenters. The van der Waals surface area contributed by atoms with Gasteiger partial charge in [0.1, 0.15) is 5.82 Å². The Hall–Kier alpha value is -1.59. The monoisotopic (exact) mass is 219 g/mol. The van der Waals surface area contributed by atoms with Crippen molar-refractivity contribution in [3.05, 3.63) is 29.3 Å². The topological polar surface area (TPSA) is 39.2 Å². The predicted octanol–water partition coefficient (Wildman–Crippen LogP) is 2.33. The lowest BCUT2D eigenvalue weighted by molar-refractivity contribution is 0.0507. The van der Waals surface area contributed by atoms with E-state index < -0.39 is 29.5 Å². The number of aromatic nitrogens is 1. The first-order valence-electron chi connectivity index (χ1n) is 4.17. The molecule has 0 bridgehead atoms. The van der Waals surface area contributed by atoms with Gasteiger partial charge in [-0.05, 0) is 13.0 Å². The molecule has 0 saturated carbocycles. The number of halogens is 3. The van der Waals surface area contributed by atoms with Gasteiger partial charge in [0.25, 0.3) is 6.43 Å². The van der Waals surface area contributed by atoms with E-state index in [1.165, 1.54) is 6.92 Å². The Bertz CT molecular complexity index is 368. The Morgan fingerprint density at radius 1 is 1.60 bits per heavy atom. The third kappa shape index (κ3) is 2.68. The Morgan fingerprint density at radius 3 is 2.80 bits per heavy atom. The van der Waals surface area contributed by atoms with Crippen LogP contribution in [0, 0.1) is 5.82 Å². The minimum absolute atomic E-state index is 0.0422. The summed E-state index contributed by atoms with van der Waals surface area (Å²) in [6.07, 6.45) is -2.27. The lowest BCUT2D eigenvalue weighted by Crippen LogP contribution is -2.11. The van der Waals surface area contributed by atoms with E-state index in [4.69, 9.17) is 0 Å². The van der Waals surface area contributed by atoms with Crippen LogP contribution in [-0.4, -0.2) is 17.6 Å². The zero-order valence-corrected chi connectivity index (χ0v) is 7.84. The van der Waals surface area contributed by atoms with Gasteiger partial charge in [0.15, 0.2) is 5.69 Å². The highest BCUT2D eigenvalue weighted by molar-refractivity contribution is 5.88. The third-order valence-corrected chi connectivity index (χ3v) is 1.59. The largest absolute Gasteiger partial charge is 0.461 e. The normalized spacial score (nSPS) is 10.5. The summed E-state index contributed by atoms with van der Waals surface area (Å²) in [6.45, 7) is 1.57. The molecule has 0 unspecified atom stereocenters. The maximum atomic E-state index is 12.6. The molecule has 0 N–H and O–H groups in total. The van der Waals surface area contributed by atoms with E-state index in [0.717, 1.165) is 0 Å². The quantitative estimate of drug-likeness (QED) is 0.732. The maximum Gasteiger partial charge on any atom is 0.357 e. The number of hydrogen-bond acceptors (Lipinski definition) is 3. The fraction of sp³-hybridized carbons (Fsp3) is 0.333. The summed E-state index contributed by atoms with van der Waals surface area (Å²) < 4.78 is 41.9.